The van der Waals surface area contributed by atoms with Crippen LogP contribution in [0.2, 0.25) is 0 Å². The van der Waals surface area contributed by atoms with Crippen molar-refractivity contribution in [2.24, 2.45) is 0 Å². The van der Waals surface area contributed by atoms with Gasteiger partial charge in [-0.3, -0.25) is 0 Å². The van der Waals surface area contributed by atoms with E-state index in [0.29, 0.717) is 30.4 Å². The Kier molecular flexibility index (Phi) is 4.47. The molecule has 3 heterocycles. The Hall–Kier alpha value is -2.54. The summed E-state index contributed by atoms with van der Waals surface area (Å²) in [4.78, 5) is 12.9. The number of thiophene rings is 1. The number of aromatic nitrogens is 1. The molecule has 0 aromatic carbocycles. The maximum Gasteiger partial charge on any atom is 0.315 e. The van der Waals surface area contributed by atoms with Gasteiger partial charge in [0.05, 0.1) is 24.3 Å². The zero-order valence-corrected chi connectivity index (χ0v) is 13.7. The lowest BCUT2D eigenvalue weighted by Crippen LogP contribution is -2.34. The first-order chi connectivity index (χ1) is 11.1. The molecule has 0 saturated heterocycles. The third-order valence-corrected chi connectivity index (χ3v) is 4.24. The molecule has 2 amide bonds. The zero-order chi connectivity index (χ0) is 16.2. The lowest BCUT2D eigenvalue weighted by Gasteiger charge is -2.05. The van der Waals surface area contributed by atoms with Crippen LogP contribution >= 0.6 is 11.3 Å². The van der Waals surface area contributed by atoms with Crippen LogP contribution in [0, 0.1) is 13.8 Å². The highest BCUT2D eigenvalue weighted by atomic mass is 32.1. The summed E-state index contributed by atoms with van der Waals surface area (Å²) in [6, 6.07) is 7.40. The van der Waals surface area contributed by atoms with Gasteiger partial charge in [-0.25, -0.2) is 4.79 Å². The number of amides is 2. The highest BCUT2D eigenvalue weighted by Crippen LogP contribution is 2.28. The van der Waals surface area contributed by atoms with Crippen LogP contribution in [0.4, 0.5) is 4.79 Å². The molecule has 0 bridgehead atoms. The van der Waals surface area contributed by atoms with Gasteiger partial charge in [0.2, 0.25) is 0 Å². The molecule has 6 nitrogen and oxygen atoms in total. The molecule has 0 saturated carbocycles. The third-order valence-electron chi connectivity index (χ3n) is 3.37. The highest BCUT2D eigenvalue weighted by Gasteiger charge is 2.15. The Balaban J connectivity index is 1.54. The van der Waals surface area contributed by atoms with E-state index >= 15 is 0 Å². The molecule has 3 aromatic heterocycles. The molecule has 0 aliphatic carbocycles. The van der Waals surface area contributed by atoms with Gasteiger partial charge in [-0.2, -0.15) is 0 Å². The van der Waals surface area contributed by atoms with Crippen LogP contribution in [0.15, 0.2) is 38.6 Å². The van der Waals surface area contributed by atoms with Crippen LogP contribution in [0.5, 0.6) is 0 Å². The van der Waals surface area contributed by atoms with Gasteiger partial charge in [-0.05, 0) is 37.4 Å². The number of nitrogens with zero attached hydrogens (tertiary/aromatic N) is 1. The number of hydrogen-bond acceptors (Lipinski definition) is 5. The molecular formula is C16H17N3O3S. The summed E-state index contributed by atoms with van der Waals surface area (Å²) in [5, 5.41) is 11.5. The molecule has 0 unspecified atom stereocenters. The SMILES string of the molecule is Cc1noc(C)c1-c1ccc(CNC(=O)NCc2cccs2)o1. The number of carbonyl (C=O) groups excluding carboxylic acids is 1. The molecule has 3 rings (SSSR count). The number of furan rings is 1. The molecule has 0 aliphatic rings. The van der Waals surface area contributed by atoms with E-state index in [9.17, 15) is 4.79 Å². The van der Waals surface area contributed by atoms with Crippen molar-refractivity contribution in [3.8, 4) is 11.3 Å². The summed E-state index contributed by atoms with van der Waals surface area (Å²) < 4.78 is 10.9. The fourth-order valence-corrected chi connectivity index (χ4v) is 2.90. The number of nitrogens with one attached hydrogen (secondary N) is 2. The molecule has 0 atom stereocenters. The van der Waals surface area contributed by atoms with Crippen molar-refractivity contribution in [1.82, 2.24) is 15.8 Å². The van der Waals surface area contributed by atoms with Crippen LogP contribution in [0.25, 0.3) is 11.3 Å². The topological polar surface area (TPSA) is 80.3 Å². The minimum Gasteiger partial charge on any atom is -0.459 e. The first kappa shape index (κ1) is 15.4. The minimum absolute atomic E-state index is 0.228. The summed E-state index contributed by atoms with van der Waals surface area (Å²) in [7, 11) is 0. The molecular weight excluding hydrogens is 314 g/mol. The van der Waals surface area contributed by atoms with Gasteiger partial charge in [0.15, 0.2) is 0 Å². The smallest absolute Gasteiger partial charge is 0.315 e. The standard InChI is InChI=1S/C16H17N3O3S/c1-10-15(11(2)22-19-10)14-6-5-12(21-14)8-17-16(20)18-9-13-4-3-7-23-13/h3-7H,8-9H2,1-2H3,(H2,17,18,20). The maximum absolute atomic E-state index is 11.8. The second-order valence-electron chi connectivity index (χ2n) is 5.08. The van der Waals surface area contributed by atoms with Crippen molar-refractivity contribution < 1.29 is 13.7 Å². The summed E-state index contributed by atoms with van der Waals surface area (Å²) >= 11 is 1.61. The zero-order valence-electron chi connectivity index (χ0n) is 12.9. The molecule has 3 aromatic rings. The Morgan fingerprint density at radius 3 is 2.74 bits per heavy atom. The Morgan fingerprint density at radius 1 is 1.22 bits per heavy atom. The van der Waals surface area contributed by atoms with Crippen molar-refractivity contribution in [3.63, 3.8) is 0 Å². The number of rotatable bonds is 5. The number of carbonyl (C=O) groups is 1. The van der Waals surface area contributed by atoms with E-state index in [1.165, 1.54) is 0 Å². The van der Waals surface area contributed by atoms with E-state index in [1.807, 2.05) is 43.5 Å². The van der Waals surface area contributed by atoms with Crippen molar-refractivity contribution in [2.45, 2.75) is 26.9 Å². The van der Waals surface area contributed by atoms with E-state index in [2.05, 4.69) is 15.8 Å². The second kappa shape index (κ2) is 6.70. The van der Waals surface area contributed by atoms with Crippen LogP contribution in [-0.2, 0) is 13.1 Å². The van der Waals surface area contributed by atoms with Gasteiger partial charge < -0.3 is 19.6 Å². The monoisotopic (exact) mass is 331 g/mol. The lowest BCUT2D eigenvalue weighted by atomic mass is 10.1. The third kappa shape index (κ3) is 3.62. The van der Waals surface area contributed by atoms with Crippen LogP contribution in [0.1, 0.15) is 22.1 Å². The Morgan fingerprint density at radius 2 is 2.04 bits per heavy atom. The molecule has 0 aliphatic heterocycles. The fourth-order valence-electron chi connectivity index (χ4n) is 2.25. The van der Waals surface area contributed by atoms with Gasteiger partial charge in [-0.1, -0.05) is 11.2 Å². The summed E-state index contributed by atoms with van der Waals surface area (Å²) in [5.74, 6) is 2.08. The predicted octanol–water partition coefficient (Wildman–Crippen LogP) is 3.61. The van der Waals surface area contributed by atoms with Gasteiger partial charge in [0.25, 0.3) is 0 Å². The van der Waals surface area contributed by atoms with Gasteiger partial charge in [0.1, 0.15) is 17.3 Å². The molecule has 0 fully saturated rings. The summed E-state index contributed by atoms with van der Waals surface area (Å²) in [6.07, 6.45) is 0. The molecule has 120 valence electrons. The maximum atomic E-state index is 11.8. The lowest BCUT2D eigenvalue weighted by molar-refractivity contribution is 0.239. The van der Waals surface area contributed by atoms with E-state index in [0.717, 1.165) is 16.1 Å². The van der Waals surface area contributed by atoms with E-state index in [1.54, 1.807) is 11.3 Å². The molecule has 7 heteroatoms. The quantitative estimate of drug-likeness (QED) is 0.748. The molecule has 23 heavy (non-hydrogen) atoms. The second-order valence-corrected chi connectivity index (χ2v) is 6.11. The number of urea groups is 1. The summed E-state index contributed by atoms with van der Waals surface area (Å²) in [6.45, 7) is 4.55. The minimum atomic E-state index is -0.228. The first-order valence-corrected chi connectivity index (χ1v) is 8.07. The summed E-state index contributed by atoms with van der Waals surface area (Å²) in [5.41, 5.74) is 1.64. The van der Waals surface area contributed by atoms with Crippen LogP contribution < -0.4 is 10.6 Å². The van der Waals surface area contributed by atoms with Crippen molar-refractivity contribution in [1.29, 1.82) is 0 Å². The molecule has 2 N–H and O–H groups in total. The normalized spacial score (nSPS) is 10.7. The molecule has 0 radical (unpaired) electrons. The largest absolute Gasteiger partial charge is 0.459 e. The number of aryl methyl sites for hydroxylation is 2. The van der Waals surface area contributed by atoms with Crippen molar-refractivity contribution in [2.75, 3.05) is 0 Å². The fraction of sp³-hybridized carbons (Fsp3) is 0.250. The van der Waals surface area contributed by atoms with Crippen LogP contribution in [-0.4, -0.2) is 11.2 Å². The van der Waals surface area contributed by atoms with Crippen LogP contribution in [0.3, 0.4) is 0 Å². The van der Waals surface area contributed by atoms with Gasteiger partial charge in [-0.15, -0.1) is 11.3 Å². The average molecular weight is 331 g/mol. The Bertz CT molecular complexity index is 770. The first-order valence-electron chi connectivity index (χ1n) is 7.19. The van der Waals surface area contributed by atoms with Gasteiger partial charge >= 0.3 is 6.03 Å². The van der Waals surface area contributed by atoms with Gasteiger partial charge in [0, 0.05) is 4.88 Å². The highest BCUT2D eigenvalue weighted by molar-refractivity contribution is 7.09. The number of hydrogen-bond donors (Lipinski definition) is 2. The van der Waals surface area contributed by atoms with E-state index in [4.69, 9.17) is 8.94 Å². The van der Waals surface area contributed by atoms with E-state index < -0.39 is 0 Å². The molecule has 0 spiro atoms. The van der Waals surface area contributed by atoms with Crippen molar-refractivity contribution in [3.05, 3.63) is 51.7 Å². The van der Waals surface area contributed by atoms with E-state index in [-0.39, 0.29) is 6.03 Å². The average Bonchev–Trinajstić information content (AvgIpc) is 3.25. The predicted molar refractivity (Wildman–Crippen MR) is 87.1 cm³/mol. The Labute approximate surface area is 137 Å². The van der Waals surface area contributed by atoms with Crippen molar-refractivity contribution >= 4 is 17.4 Å².